The molecular formula is C12H18N2O2. The van der Waals surface area contributed by atoms with Gasteiger partial charge in [0.25, 0.3) is 0 Å². The summed E-state index contributed by atoms with van der Waals surface area (Å²) in [5, 5.41) is 18.0. The van der Waals surface area contributed by atoms with Gasteiger partial charge < -0.3 is 9.84 Å². The third-order valence-electron chi connectivity index (χ3n) is 3.27. The van der Waals surface area contributed by atoms with Gasteiger partial charge in [-0.1, -0.05) is 19.3 Å². The molecule has 0 spiro atoms. The second-order valence-electron chi connectivity index (χ2n) is 4.34. The molecule has 1 aliphatic rings. The van der Waals surface area contributed by atoms with Gasteiger partial charge in [0.15, 0.2) is 0 Å². The van der Waals surface area contributed by atoms with Crippen molar-refractivity contribution in [1.82, 2.24) is 10.2 Å². The number of hydrogen-bond donors (Lipinski definition) is 1. The minimum atomic E-state index is -0.473. The Hall–Kier alpha value is -1.16. The summed E-state index contributed by atoms with van der Waals surface area (Å²) in [4.78, 5) is 0. The lowest BCUT2D eigenvalue weighted by Gasteiger charge is -2.25. The van der Waals surface area contributed by atoms with Crippen molar-refractivity contribution < 1.29 is 9.84 Å². The first-order valence-corrected chi connectivity index (χ1v) is 5.87. The van der Waals surface area contributed by atoms with Crippen LogP contribution < -0.4 is 4.74 Å². The quantitative estimate of drug-likeness (QED) is 0.851. The highest BCUT2D eigenvalue weighted by Crippen LogP contribution is 2.33. The number of rotatable bonds is 3. The number of hydrogen-bond acceptors (Lipinski definition) is 4. The monoisotopic (exact) mass is 222 g/mol. The lowest BCUT2D eigenvalue weighted by atomic mass is 9.84. The Kier molecular flexibility index (Phi) is 3.72. The number of aromatic nitrogens is 2. The van der Waals surface area contributed by atoms with Crippen molar-refractivity contribution in [1.29, 1.82) is 0 Å². The van der Waals surface area contributed by atoms with E-state index in [4.69, 9.17) is 4.74 Å². The Morgan fingerprint density at radius 1 is 1.25 bits per heavy atom. The molecule has 1 atom stereocenters. The molecule has 0 radical (unpaired) electrons. The minimum absolute atomic E-state index is 0.344. The van der Waals surface area contributed by atoms with E-state index in [0.29, 0.717) is 17.5 Å². The van der Waals surface area contributed by atoms with Crippen LogP contribution in [0, 0.1) is 5.92 Å². The van der Waals surface area contributed by atoms with Crippen LogP contribution in [0.25, 0.3) is 0 Å². The Morgan fingerprint density at radius 2 is 2.00 bits per heavy atom. The number of ether oxygens (including phenoxy) is 1. The molecule has 0 amide bonds. The number of aliphatic hydroxyl groups is 1. The van der Waals surface area contributed by atoms with Crippen molar-refractivity contribution >= 4 is 0 Å². The van der Waals surface area contributed by atoms with E-state index in [9.17, 15) is 5.11 Å². The Balaban J connectivity index is 2.04. The van der Waals surface area contributed by atoms with Gasteiger partial charge in [-0.2, -0.15) is 0 Å². The van der Waals surface area contributed by atoms with Crippen LogP contribution in [0.1, 0.15) is 43.9 Å². The standard InChI is InChI=1S/C12H18N2O2/c1-16-11-8-7-10(13-14-11)12(15)9-5-3-2-4-6-9/h7-9,12,15H,2-6H2,1H3. The summed E-state index contributed by atoms with van der Waals surface area (Å²) in [5.41, 5.74) is 0.660. The van der Waals surface area contributed by atoms with E-state index in [-0.39, 0.29) is 0 Å². The van der Waals surface area contributed by atoms with Gasteiger partial charge in [0.05, 0.1) is 12.8 Å². The van der Waals surface area contributed by atoms with Crippen LogP contribution in [0.3, 0.4) is 0 Å². The Morgan fingerprint density at radius 3 is 2.56 bits per heavy atom. The zero-order chi connectivity index (χ0) is 11.4. The fourth-order valence-electron chi connectivity index (χ4n) is 2.29. The molecule has 4 nitrogen and oxygen atoms in total. The highest BCUT2D eigenvalue weighted by atomic mass is 16.5. The third kappa shape index (κ3) is 2.50. The molecule has 0 bridgehead atoms. The Bertz CT molecular complexity index is 320. The molecule has 1 saturated carbocycles. The van der Waals surface area contributed by atoms with Gasteiger partial charge in [-0.3, -0.25) is 0 Å². The molecule has 16 heavy (non-hydrogen) atoms. The van der Waals surface area contributed by atoms with E-state index < -0.39 is 6.10 Å². The van der Waals surface area contributed by atoms with Crippen LogP contribution in [0.2, 0.25) is 0 Å². The van der Waals surface area contributed by atoms with Crippen molar-refractivity contribution in [2.45, 2.75) is 38.2 Å². The van der Waals surface area contributed by atoms with Gasteiger partial charge in [-0.25, -0.2) is 0 Å². The summed E-state index contributed by atoms with van der Waals surface area (Å²) in [6, 6.07) is 3.54. The lowest BCUT2D eigenvalue weighted by molar-refractivity contribution is 0.0801. The molecule has 0 aliphatic heterocycles. The summed E-state index contributed by atoms with van der Waals surface area (Å²) in [6.07, 6.45) is 5.43. The molecule has 1 N–H and O–H groups in total. The molecule has 1 aromatic rings. The molecule has 0 saturated heterocycles. The SMILES string of the molecule is COc1ccc(C(O)C2CCCCC2)nn1. The van der Waals surface area contributed by atoms with Crippen LogP contribution in [0.15, 0.2) is 12.1 Å². The average molecular weight is 222 g/mol. The summed E-state index contributed by atoms with van der Waals surface area (Å²) < 4.78 is 4.94. The van der Waals surface area contributed by atoms with Gasteiger partial charge in [-0.15, -0.1) is 10.2 Å². The minimum Gasteiger partial charge on any atom is -0.480 e. The third-order valence-corrected chi connectivity index (χ3v) is 3.27. The maximum absolute atomic E-state index is 10.2. The summed E-state index contributed by atoms with van der Waals surface area (Å²) in [5.74, 6) is 0.830. The van der Waals surface area contributed by atoms with E-state index >= 15 is 0 Å². The largest absolute Gasteiger partial charge is 0.480 e. The smallest absolute Gasteiger partial charge is 0.233 e. The normalized spacial score (nSPS) is 19.4. The average Bonchev–Trinajstić information content (AvgIpc) is 2.39. The molecular weight excluding hydrogens is 204 g/mol. The van der Waals surface area contributed by atoms with E-state index in [0.717, 1.165) is 12.8 Å². The van der Waals surface area contributed by atoms with Gasteiger partial charge in [0.2, 0.25) is 5.88 Å². The Labute approximate surface area is 95.7 Å². The van der Waals surface area contributed by atoms with Crippen molar-refractivity contribution in [3.8, 4) is 5.88 Å². The first-order valence-electron chi connectivity index (χ1n) is 5.87. The van der Waals surface area contributed by atoms with Crippen molar-refractivity contribution in [3.63, 3.8) is 0 Å². The summed E-state index contributed by atoms with van der Waals surface area (Å²) in [6.45, 7) is 0. The molecule has 4 heteroatoms. The summed E-state index contributed by atoms with van der Waals surface area (Å²) in [7, 11) is 1.56. The van der Waals surface area contributed by atoms with Gasteiger partial charge in [0.1, 0.15) is 6.10 Å². The first kappa shape index (κ1) is 11.3. The predicted molar refractivity (Wildman–Crippen MR) is 60.1 cm³/mol. The first-order chi connectivity index (χ1) is 7.81. The van der Waals surface area contributed by atoms with Crippen LogP contribution in [0.4, 0.5) is 0 Å². The molecule has 1 fully saturated rings. The number of nitrogens with zero attached hydrogens (tertiary/aromatic N) is 2. The van der Waals surface area contributed by atoms with E-state index in [1.165, 1.54) is 19.3 Å². The van der Waals surface area contributed by atoms with Crippen molar-refractivity contribution in [3.05, 3.63) is 17.8 Å². The zero-order valence-electron chi connectivity index (χ0n) is 9.59. The second kappa shape index (κ2) is 5.25. The maximum Gasteiger partial charge on any atom is 0.233 e. The predicted octanol–water partition coefficient (Wildman–Crippen LogP) is 2.10. The highest BCUT2D eigenvalue weighted by molar-refractivity contribution is 5.13. The number of aliphatic hydroxyl groups excluding tert-OH is 1. The van der Waals surface area contributed by atoms with Crippen LogP contribution in [-0.2, 0) is 0 Å². The zero-order valence-corrected chi connectivity index (χ0v) is 9.59. The fraction of sp³-hybridized carbons (Fsp3) is 0.667. The fourth-order valence-corrected chi connectivity index (χ4v) is 2.29. The molecule has 2 rings (SSSR count). The van der Waals surface area contributed by atoms with E-state index in [1.807, 2.05) is 0 Å². The molecule has 1 aromatic heterocycles. The second-order valence-corrected chi connectivity index (χ2v) is 4.34. The van der Waals surface area contributed by atoms with Crippen LogP contribution in [-0.4, -0.2) is 22.4 Å². The summed E-state index contributed by atoms with van der Waals surface area (Å²) >= 11 is 0. The highest BCUT2D eigenvalue weighted by Gasteiger charge is 2.24. The van der Waals surface area contributed by atoms with Gasteiger partial charge >= 0.3 is 0 Å². The molecule has 1 unspecified atom stereocenters. The lowest BCUT2D eigenvalue weighted by Crippen LogP contribution is -2.17. The van der Waals surface area contributed by atoms with E-state index in [2.05, 4.69) is 10.2 Å². The molecule has 0 aromatic carbocycles. The molecule has 1 aliphatic carbocycles. The molecule has 88 valence electrons. The van der Waals surface area contributed by atoms with Crippen LogP contribution >= 0.6 is 0 Å². The van der Waals surface area contributed by atoms with Crippen molar-refractivity contribution in [2.24, 2.45) is 5.92 Å². The molecule has 1 heterocycles. The van der Waals surface area contributed by atoms with Gasteiger partial charge in [-0.05, 0) is 24.8 Å². The maximum atomic E-state index is 10.2. The topological polar surface area (TPSA) is 55.2 Å². The van der Waals surface area contributed by atoms with E-state index in [1.54, 1.807) is 19.2 Å². The van der Waals surface area contributed by atoms with Gasteiger partial charge in [0, 0.05) is 6.07 Å². The van der Waals surface area contributed by atoms with Crippen LogP contribution in [0.5, 0.6) is 5.88 Å². The number of methoxy groups -OCH3 is 1. The van der Waals surface area contributed by atoms with Crippen molar-refractivity contribution in [2.75, 3.05) is 7.11 Å².